The van der Waals surface area contributed by atoms with Crippen LogP contribution >= 0.6 is 11.3 Å². The zero-order valence-electron chi connectivity index (χ0n) is 34.7. The molecule has 0 radical (unpaired) electrons. The van der Waals surface area contributed by atoms with Crippen LogP contribution in [0.15, 0.2) is 224 Å². The average Bonchev–Trinajstić information content (AvgIpc) is 3.87. The molecule has 0 saturated heterocycles. The van der Waals surface area contributed by atoms with Crippen LogP contribution in [-0.4, -0.2) is 9.97 Å². The monoisotopic (exact) mass is 820 g/mol. The van der Waals surface area contributed by atoms with Gasteiger partial charge in [-0.25, -0.2) is 9.97 Å². The Morgan fingerprint density at radius 2 is 0.857 bits per heavy atom. The molecule has 1 aliphatic carbocycles. The Bertz CT molecular complexity index is 3460. The van der Waals surface area contributed by atoms with E-state index < -0.39 is 0 Å². The van der Waals surface area contributed by atoms with Gasteiger partial charge in [0.25, 0.3) is 0 Å². The molecular formula is C60H40N2S. The second-order valence-electron chi connectivity index (χ2n) is 16.7. The number of benzene rings is 9. The summed E-state index contributed by atoms with van der Waals surface area (Å²) in [6.45, 7) is 2.37. The Kier molecular flexibility index (Phi) is 8.84. The van der Waals surface area contributed by atoms with Gasteiger partial charge >= 0.3 is 0 Å². The minimum Gasteiger partial charge on any atom is -0.228 e. The maximum absolute atomic E-state index is 5.29. The predicted molar refractivity (Wildman–Crippen MR) is 265 cm³/mol. The van der Waals surface area contributed by atoms with Gasteiger partial charge in [0.2, 0.25) is 0 Å². The number of aromatic nitrogens is 2. The lowest BCUT2D eigenvalue weighted by atomic mass is 9.74. The fourth-order valence-corrected chi connectivity index (χ4v) is 10.8. The minimum atomic E-state index is -0.232. The summed E-state index contributed by atoms with van der Waals surface area (Å²) in [5, 5.41) is 2.57. The first-order chi connectivity index (χ1) is 31.1. The van der Waals surface area contributed by atoms with Gasteiger partial charge in [0, 0.05) is 42.3 Å². The van der Waals surface area contributed by atoms with E-state index in [0.29, 0.717) is 5.82 Å². The van der Waals surface area contributed by atoms with E-state index in [0.717, 1.165) is 44.8 Å². The van der Waals surface area contributed by atoms with E-state index in [4.69, 9.17) is 9.97 Å². The number of thiophene rings is 1. The maximum Gasteiger partial charge on any atom is 0.160 e. The van der Waals surface area contributed by atoms with Crippen molar-refractivity contribution in [3.63, 3.8) is 0 Å². The Morgan fingerprint density at radius 1 is 0.333 bits per heavy atom. The molecule has 296 valence electrons. The first kappa shape index (κ1) is 37.1. The summed E-state index contributed by atoms with van der Waals surface area (Å²) in [6, 6.07) is 81.4. The van der Waals surface area contributed by atoms with E-state index in [1.54, 1.807) is 0 Å². The molecule has 9 aromatic carbocycles. The Balaban J connectivity index is 1.03. The molecule has 3 heteroatoms. The van der Waals surface area contributed by atoms with Crippen LogP contribution in [0.3, 0.4) is 0 Å². The largest absolute Gasteiger partial charge is 0.228 e. The summed E-state index contributed by atoms with van der Waals surface area (Å²) in [7, 11) is 0. The number of hydrogen-bond donors (Lipinski definition) is 0. The normalized spacial score (nSPS) is 14.2. The quantitative estimate of drug-likeness (QED) is 0.160. The van der Waals surface area contributed by atoms with Crippen molar-refractivity contribution in [2.24, 2.45) is 0 Å². The van der Waals surface area contributed by atoms with Gasteiger partial charge in [-0.1, -0.05) is 170 Å². The number of rotatable bonds is 7. The summed E-state index contributed by atoms with van der Waals surface area (Å²) >= 11 is 1.85. The van der Waals surface area contributed by atoms with Gasteiger partial charge in [0.1, 0.15) is 0 Å². The predicted octanol–water partition coefficient (Wildman–Crippen LogP) is 16.2. The standard InChI is InChI=1S/C60H40N2S/c1-60(48-22-9-4-10-23-48)53-26-13-11-24-49(53)51-36-43(28-30-54(51)60)41-20-15-21-42(32-41)45-33-46(44-29-31-58-52(37-44)50-25-12-14-27-57(50)63-58)35-47(34-45)56-38-55(39-16-5-2-6-17-39)61-59(62-56)40-18-7-3-8-19-40/h2-38H,1H3. The van der Waals surface area contributed by atoms with Crippen LogP contribution in [0.1, 0.15) is 23.6 Å². The highest BCUT2D eigenvalue weighted by Crippen LogP contribution is 2.53. The second kappa shape index (κ2) is 15.0. The molecule has 0 spiro atoms. The molecule has 1 aliphatic rings. The highest BCUT2D eigenvalue weighted by molar-refractivity contribution is 7.25. The van der Waals surface area contributed by atoms with Gasteiger partial charge in [0.05, 0.1) is 11.4 Å². The highest BCUT2D eigenvalue weighted by atomic mass is 32.1. The topological polar surface area (TPSA) is 25.8 Å². The van der Waals surface area contributed by atoms with Crippen LogP contribution in [0.2, 0.25) is 0 Å². The van der Waals surface area contributed by atoms with Crippen molar-refractivity contribution in [3.8, 4) is 78.4 Å². The van der Waals surface area contributed by atoms with E-state index >= 15 is 0 Å². The van der Waals surface area contributed by atoms with Crippen molar-refractivity contribution in [1.29, 1.82) is 0 Å². The summed E-state index contributed by atoms with van der Waals surface area (Å²) in [6.07, 6.45) is 0. The molecule has 1 unspecified atom stereocenters. The van der Waals surface area contributed by atoms with Crippen molar-refractivity contribution in [2.45, 2.75) is 12.3 Å². The fraction of sp³-hybridized carbons (Fsp3) is 0.0333. The van der Waals surface area contributed by atoms with Crippen LogP contribution in [0.5, 0.6) is 0 Å². The number of nitrogens with zero attached hydrogens (tertiary/aromatic N) is 2. The first-order valence-corrected chi connectivity index (χ1v) is 22.4. The SMILES string of the molecule is CC1(c2ccccc2)c2ccccc2-c2cc(-c3cccc(-c4cc(-c5ccc6sc7ccccc7c6c5)cc(-c5cc(-c6ccccc6)nc(-c6ccccc6)n5)c4)c3)ccc21. The minimum absolute atomic E-state index is 0.232. The Hall–Kier alpha value is -7.72. The van der Waals surface area contributed by atoms with E-state index in [1.807, 2.05) is 35.6 Å². The van der Waals surface area contributed by atoms with Crippen molar-refractivity contribution in [1.82, 2.24) is 9.97 Å². The van der Waals surface area contributed by atoms with E-state index in [9.17, 15) is 0 Å². The van der Waals surface area contributed by atoms with Crippen molar-refractivity contribution in [3.05, 3.63) is 241 Å². The zero-order valence-corrected chi connectivity index (χ0v) is 35.5. The van der Waals surface area contributed by atoms with Gasteiger partial charge in [-0.05, 0) is 123 Å². The Labute approximate surface area is 371 Å². The van der Waals surface area contributed by atoms with Gasteiger partial charge in [-0.2, -0.15) is 0 Å². The molecule has 1 atom stereocenters. The molecule has 12 rings (SSSR count). The van der Waals surface area contributed by atoms with Crippen LogP contribution in [0, 0.1) is 0 Å². The molecule has 0 bridgehead atoms. The third-order valence-electron chi connectivity index (χ3n) is 13.0. The summed E-state index contributed by atoms with van der Waals surface area (Å²) in [5.41, 5.74) is 18.2. The average molecular weight is 821 g/mol. The highest BCUT2D eigenvalue weighted by Gasteiger charge is 2.40. The molecule has 63 heavy (non-hydrogen) atoms. The smallest absolute Gasteiger partial charge is 0.160 e. The third kappa shape index (κ3) is 6.40. The molecule has 2 nitrogen and oxygen atoms in total. The summed E-state index contributed by atoms with van der Waals surface area (Å²) in [5.74, 6) is 0.702. The lowest BCUT2D eigenvalue weighted by molar-refractivity contribution is 0.714. The third-order valence-corrected chi connectivity index (χ3v) is 14.1. The van der Waals surface area contributed by atoms with Gasteiger partial charge in [-0.3, -0.25) is 0 Å². The second-order valence-corrected chi connectivity index (χ2v) is 17.8. The van der Waals surface area contributed by atoms with Crippen molar-refractivity contribution >= 4 is 31.5 Å². The summed E-state index contributed by atoms with van der Waals surface area (Å²) < 4.78 is 2.60. The van der Waals surface area contributed by atoms with Crippen LogP contribution < -0.4 is 0 Å². The van der Waals surface area contributed by atoms with E-state index in [2.05, 4.69) is 207 Å². The zero-order chi connectivity index (χ0) is 41.9. The molecule has 2 aromatic heterocycles. The van der Waals surface area contributed by atoms with Gasteiger partial charge in [-0.15, -0.1) is 11.3 Å². The van der Waals surface area contributed by atoms with Crippen molar-refractivity contribution in [2.75, 3.05) is 0 Å². The molecular weight excluding hydrogens is 781 g/mol. The molecule has 0 saturated carbocycles. The molecule has 2 heterocycles. The maximum atomic E-state index is 5.29. The van der Waals surface area contributed by atoms with Crippen LogP contribution in [0.4, 0.5) is 0 Å². The molecule has 0 aliphatic heterocycles. The van der Waals surface area contributed by atoms with E-state index in [-0.39, 0.29) is 5.41 Å². The molecule has 11 aromatic rings. The van der Waals surface area contributed by atoms with Crippen LogP contribution in [0.25, 0.3) is 98.6 Å². The number of hydrogen-bond acceptors (Lipinski definition) is 3. The van der Waals surface area contributed by atoms with Crippen LogP contribution in [-0.2, 0) is 5.41 Å². The molecule has 0 amide bonds. The van der Waals surface area contributed by atoms with Gasteiger partial charge in [0.15, 0.2) is 5.82 Å². The molecule has 0 N–H and O–H groups in total. The van der Waals surface area contributed by atoms with Gasteiger partial charge < -0.3 is 0 Å². The van der Waals surface area contributed by atoms with Crippen molar-refractivity contribution < 1.29 is 0 Å². The van der Waals surface area contributed by atoms with E-state index in [1.165, 1.54) is 64.7 Å². The molecule has 0 fully saturated rings. The summed E-state index contributed by atoms with van der Waals surface area (Å²) in [4.78, 5) is 10.4. The Morgan fingerprint density at radius 3 is 1.63 bits per heavy atom. The number of fused-ring (bicyclic) bond motifs is 6. The fourth-order valence-electron chi connectivity index (χ4n) is 9.73. The lowest BCUT2D eigenvalue weighted by Crippen LogP contribution is -2.22. The first-order valence-electron chi connectivity index (χ1n) is 21.5. The lowest BCUT2D eigenvalue weighted by Gasteiger charge is -2.28.